The molecule has 8 nitrogen and oxygen atoms in total. The van der Waals surface area contributed by atoms with Gasteiger partial charge in [0, 0.05) is 51.4 Å². The number of rotatable bonds is 8. The second kappa shape index (κ2) is 9.52. The van der Waals surface area contributed by atoms with E-state index in [9.17, 15) is 0 Å². The summed E-state index contributed by atoms with van der Waals surface area (Å²) in [5.74, 6) is 6.84. The summed E-state index contributed by atoms with van der Waals surface area (Å²) in [6.45, 7) is 0.546. The van der Waals surface area contributed by atoms with E-state index in [1.54, 1.807) is 18.4 Å². The van der Waals surface area contributed by atoms with Crippen molar-refractivity contribution < 1.29 is 9.22 Å². The molecule has 32 heavy (non-hydrogen) atoms. The quantitative estimate of drug-likeness (QED) is 0.0873. The topological polar surface area (TPSA) is 89.9 Å². The minimum absolute atomic E-state index is 0.340. The molecule has 1 saturated carbocycles. The number of halogens is 1. The molecule has 0 aliphatic heterocycles. The first kappa shape index (κ1) is 21.9. The van der Waals surface area contributed by atoms with Crippen LogP contribution in [0.3, 0.4) is 0 Å². The monoisotopic (exact) mass is 490 g/mol. The lowest BCUT2D eigenvalue weighted by Gasteiger charge is -2.15. The molecule has 3 N–H and O–H groups in total. The van der Waals surface area contributed by atoms with Crippen molar-refractivity contribution in [3.63, 3.8) is 0 Å². The maximum Gasteiger partial charge on any atom is 0.157 e. The zero-order valence-electron chi connectivity index (χ0n) is 17.4. The van der Waals surface area contributed by atoms with E-state index in [4.69, 9.17) is 31.8 Å². The first-order chi connectivity index (χ1) is 15.6. The Morgan fingerprint density at radius 1 is 1.34 bits per heavy atom. The number of nitrogens with zero attached hydrogens (tertiary/aromatic N) is 4. The van der Waals surface area contributed by atoms with E-state index in [-0.39, 0.29) is 0 Å². The Labute approximate surface area is 198 Å². The molecule has 1 aromatic carbocycles. The van der Waals surface area contributed by atoms with E-state index < -0.39 is 0 Å². The summed E-state index contributed by atoms with van der Waals surface area (Å²) in [4.78, 5) is 9.77. The van der Waals surface area contributed by atoms with Gasteiger partial charge in [-0.1, -0.05) is 11.6 Å². The molecule has 4 aromatic rings. The molecule has 0 radical (unpaired) electrons. The minimum atomic E-state index is 0.340. The van der Waals surface area contributed by atoms with Crippen molar-refractivity contribution in [2.45, 2.75) is 25.3 Å². The third-order valence-corrected chi connectivity index (χ3v) is 7.15. The second-order valence-corrected chi connectivity index (χ2v) is 10.1. The van der Waals surface area contributed by atoms with Crippen molar-refractivity contribution in [1.29, 1.82) is 0 Å². The van der Waals surface area contributed by atoms with Crippen LogP contribution < -0.4 is 11.2 Å². The van der Waals surface area contributed by atoms with Crippen molar-refractivity contribution in [3.05, 3.63) is 46.9 Å². The Kier molecular flexibility index (Phi) is 6.51. The molecule has 168 valence electrons. The zero-order chi connectivity index (χ0) is 22.1. The maximum atomic E-state index is 6.23. The molecule has 1 aliphatic carbocycles. The summed E-state index contributed by atoms with van der Waals surface area (Å²) in [7, 11) is 1.69. The zero-order valence-corrected chi connectivity index (χ0v) is 19.8. The highest BCUT2D eigenvalue weighted by molar-refractivity contribution is 7.92. The predicted molar refractivity (Wildman–Crippen MR) is 130 cm³/mol. The summed E-state index contributed by atoms with van der Waals surface area (Å²) >= 11 is 8.89. The Bertz CT molecular complexity index is 1230. The highest BCUT2D eigenvalue weighted by Gasteiger charge is 2.26. The Morgan fingerprint density at radius 3 is 3.12 bits per heavy atom. The molecule has 0 amide bonds. The van der Waals surface area contributed by atoms with Gasteiger partial charge in [-0.2, -0.15) is 14.0 Å². The van der Waals surface area contributed by atoms with Crippen LogP contribution in [0, 0.1) is 5.92 Å². The fraction of sp³-hybridized carbons (Fsp3) is 0.333. The Balaban J connectivity index is 1.31. The van der Waals surface area contributed by atoms with E-state index in [1.165, 1.54) is 9.11 Å². The summed E-state index contributed by atoms with van der Waals surface area (Å²) in [5, 5.41) is 12.5. The molecule has 2 atom stereocenters. The number of nitrogens with one attached hydrogen (secondary N) is 1. The van der Waals surface area contributed by atoms with E-state index in [0.717, 1.165) is 64.6 Å². The van der Waals surface area contributed by atoms with E-state index >= 15 is 0 Å². The van der Waals surface area contributed by atoms with Crippen LogP contribution >= 0.6 is 35.2 Å². The molecule has 2 unspecified atom stereocenters. The number of hydrogen-bond donors (Lipinski definition) is 2. The van der Waals surface area contributed by atoms with Gasteiger partial charge in [-0.05, 0) is 49.4 Å². The maximum absolute atomic E-state index is 6.23. The van der Waals surface area contributed by atoms with Gasteiger partial charge in [-0.25, -0.2) is 9.87 Å². The average molecular weight is 491 g/mol. The molecule has 1 aliphatic rings. The molecular weight excluding hydrogens is 468 g/mol. The van der Waals surface area contributed by atoms with E-state index in [0.29, 0.717) is 18.6 Å². The molecule has 11 heteroatoms. The molecule has 0 bridgehead atoms. The summed E-state index contributed by atoms with van der Waals surface area (Å²) in [5.41, 5.74) is 2.76. The van der Waals surface area contributed by atoms with Crippen LogP contribution in [-0.4, -0.2) is 38.7 Å². The highest BCUT2D eigenvalue weighted by atomic mass is 35.5. The number of aromatic nitrogens is 3. The van der Waals surface area contributed by atoms with E-state index in [1.807, 2.05) is 41.0 Å². The van der Waals surface area contributed by atoms with Crippen LogP contribution in [0.4, 0.5) is 5.82 Å². The van der Waals surface area contributed by atoms with Gasteiger partial charge in [0.2, 0.25) is 0 Å². The summed E-state index contributed by atoms with van der Waals surface area (Å²) in [6, 6.07) is 10.3. The number of anilines is 1. The van der Waals surface area contributed by atoms with Gasteiger partial charge < -0.3 is 5.32 Å². The van der Waals surface area contributed by atoms with Crippen molar-refractivity contribution in [2.24, 2.45) is 11.8 Å². The van der Waals surface area contributed by atoms with Crippen LogP contribution in [0.25, 0.3) is 27.0 Å². The van der Waals surface area contributed by atoms with Gasteiger partial charge in [0.25, 0.3) is 0 Å². The first-order valence-corrected chi connectivity index (χ1v) is 12.3. The number of fused-ring (bicyclic) bond motifs is 2. The standard InChI is InChI=1S/C21H23ClN6O2S2/c1-27(23)32-30-29-11-13-2-4-15(8-13)25-20-6-7-24-21-10-18(26-28(20)21)17-12-31-19-5-3-14(22)9-16(17)19/h3,5-7,9-10,12-13,15,25H,2,4,8,11,23H2,1H3. The third-order valence-electron chi connectivity index (χ3n) is 5.56. The Hall–Kier alpha value is -1.92. The lowest BCUT2D eigenvalue weighted by Crippen LogP contribution is -2.19. The first-order valence-electron chi connectivity index (χ1n) is 10.3. The van der Waals surface area contributed by atoms with Crippen LogP contribution in [0.15, 0.2) is 41.9 Å². The number of thiophene rings is 1. The normalized spacial score (nSPS) is 18.9. The average Bonchev–Trinajstić information content (AvgIpc) is 3.49. The van der Waals surface area contributed by atoms with Gasteiger partial charge in [-0.15, -0.1) is 15.7 Å². The second-order valence-electron chi connectivity index (χ2n) is 7.91. The number of hydrogen-bond acceptors (Lipinski definition) is 9. The van der Waals surface area contributed by atoms with Crippen molar-refractivity contribution in [3.8, 4) is 11.3 Å². The van der Waals surface area contributed by atoms with Crippen LogP contribution in [-0.2, 0) is 9.22 Å². The third kappa shape index (κ3) is 4.72. The number of hydrazine groups is 1. The van der Waals surface area contributed by atoms with Gasteiger partial charge in [-0.3, -0.25) is 5.84 Å². The largest absolute Gasteiger partial charge is 0.367 e. The molecule has 0 saturated heterocycles. The molecule has 1 fully saturated rings. The molecule has 3 heterocycles. The SMILES string of the molecule is CN(N)SOOCC1CCC(Nc2ccnc3cc(-c4csc5ccc(Cl)cc45)nn23)C1. The van der Waals surface area contributed by atoms with Gasteiger partial charge in [0.1, 0.15) is 18.0 Å². The van der Waals surface area contributed by atoms with E-state index in [2.05, 4.69) is 15.7 Å². The fourth-order valence-corrected chi connectivity index (χ4v) is 5.40. The lowest BCUT2D eigenvalue weighted by molar-refractivity contribution is -0.203. The van der Waals surface area contributed by atoms with Gasteiger partial charge in [0.05, 0.1) is 12.3 Å². The fourth-order valence-electron chi connectivity index (χ4n) is 4.10. The molecular formula is C21H23ClN6O2S2. The summed E-state index contributed by atoms with van der Waals surface area (Å²) < 4.78 is 9.42. The van der Waals surface area contributed by atoms with Gasteiger partial charge >= 0.3 is 0 Å². The van der Waals surface area contributed by atoms with Crippen LogP contribution in [0.5, 0.6) is 0 Å². The predicted octanol–water partition coefficient (Wildman–Crippen LogP) is 5.16. The van der Waals surface area contributed by atoms with Crippen molar-refractivity contribution in [1.82, 2.24) is 19.0 Å². The van der Waals surface area contributed by atoms with Crippen molar-refractivity contribution in [2.75, 3.05) is 19.0 Å². The smallest absolute Gasteiger partial charge is 0.157 e. The highest BCUT2D eigenvalue weighted by Crippen LogP contribution is 2.36. The number of benzene rings is 1. The minimum Gasteiger partial charge on any atom is -0.367 e. The number of nitrogens with two attached hydrogens (primary N) is 1. The molecule has 5 rings (SSSR count). The summed E-state index contributed by atoms with van der Waals surface area (Å²) in [6.07, 6.45) is 4.95. The molecule has 3 aromatic heterocycles. The Morgan fingerprint density at radius 2 is 2.25 bits per heavy atom. The van der Waals surface area contributed by atoms with Gasteiger partial charge in [0.15, 0.2) is 5.65 Å². The van der Waals surface area contributed by atoms with Crippen molar-refractivity contribution >= 4 is 56.7 Å². The van der Waals surface area contributed by atoms with Crippen LogP contribution in [0.1, 0.15) is 19.3 Å². The molecule has 0 spiro atoms. The van der Waals surface area contributed by atoms with Crippen LogP contribution in [0.2, 0.25) is 5.02 Å². The lowest BCUT2D eigenvalue weighted by atomic mass is 10.1.